The third-order valence-electron chi connectivity index (χ3n) is 4.74. The van der Waals surface area contributed by atoms with Crippen molar-refractivity contribution in [2.75, 3.05) is 23.8 Å². The second kappa shape index (κ2) is 9.13. The van der Waals surface area contributed by atoms with E-state index in [1.165, 1.54) is 5.56 Å². The van der Waals surface area contributed by atoms with Crippen LogP contribution < -0.4 is 10.2 Å². The van der Waals surface area contributed by atoms with Crippen LogP contribution in [-0.2, 0) is 6.42 Å². The molecule has 0 radical (unpaired) electrons. The van der Waals surface area contributed by atoms with Crippen LogP contribution in [0.1, 0.15) is 41.3 Å². The van der Waals surface area contributed by atoms with Gasteiger partial charge in [-0.3, -0.25) is 14.8 Å². The number of para-hydroxylation sites is 1. The number of nitrogens with one attached hydrogen (secondary N) is 1. The predicted molar refractivity (Wildman–Crippen MR) is 114 cm³/mol. The van der Waals surface area contributed by atoms with Crippen molar-refractivity contribution in [3.05, 3.63) is 83.9 Å². The number of likely N-dealkylation sites (N-methyl/N-ethyl adjacent to an activating group) is 1. The fraction of sp³-hybridized carbons (Fsp3) is 0.261. The molecule has 144 valence electrons. The number of carbonyl (C=O) groups excluding carboxylic acids is 1. The highest BCUT2D eigenvalue weighted by Gasteiger charge is 2.13. The third kappa shape index (κ3) is 4.94. The summed E-state index contributed by atoms with van der Waals surface area (Å²) in [6.45, 7) is 5.06. The second-order valence-corrected chi connectivity index (χ2v) is 7.15. The molecule has 0 aliphatic heterocycles. The quantitative estimate of drug-likeness (QED) is 0.660. The summed E-state index contributed by atoms with van der Waals surface area (Å²) in [5, 5.41) is 3.03. The number of anilines is 2. The molecule has 3 rings (SSSR count). The Kier molecular flexibility index (Phi) is 6.37. The minimum Gasteiger partial charge on any atom is -0.373 e. The summed E-state index contributed by atoms with van der Waals surface area (Å²) in [5.41, 5.74) is 4.66. The average molecular weight is 374 g/mol. The summed E-state index contributed by atoms with van der Waals surface area (Å²) in [6.07, 6.45) is 7.89. The highest BCUT2D eigenvalue weighted by atomic mass is 16.1. The van der Waals surface area contributed by atoms with E-state index in [0.29, 0.717) is 11.5 Å². The van der Waals surface area contributed by atoms with Crippen LogP contribution in [0.5, 0.6) is 0 Å². The molecule has 1 amide bonds. The number of rotatable bonds is 7. The number of amides is 1. The van der Waals surface area contributed by atoms with Crippen molar-refractivity contribution in [1.29, 1.82) is 0 Å². The van der Waals surface area contributed by atoms with Gasteiger partial charge in [0.1, 0.15) is 0 Å². The smallest absolute Gasteiger partial charge is 0.257 e. The van der Waals surface area contributed by atoms with Crippen molar-refractivity contribution in [2.45, 2.75) is 26.2 Å². The van der Waals surface area contributed by atoms with Gasteiger partial charge in [-0.25, -0.2) is 0 Å². The van der Waals surface area contributed by atoms with Crippen molar-refractivity contribution in [3.8, 4) is 0 Å². The Bertz CT molecular complexity index is 925. The van der Waals surface area contributed by atoms with Crippen molar-refractivity contribution in [3.63, 3.8) is 0 Å². The van der Waals surface area contributed by atoms with Crippen LogP contribution in [0.4, 0.5) is 11.4 Å². The van der Waals surface area contributed by atoms with Gasteiger partial charge in [-0.15, -0.1) is 0 Å². The molecule has 0 aliphatic carbocycles. The van der Waals surface area contributed by atoms with Crippen LogP contribution in [0.2, 0.25) is 0 Å². The molecule has 0 bridgehead atoms. The van der Waals surface area contributed by atoms with Crippen molar-refractivity contribution in [2.24, 2.45) is 0 Å². The molecule has 5 nitrogen and oxygen atoms in total. The topological polar surface area (TPSA) is 58.1 Å². The van der Waals surface area contributed by atoms with Crippen molar-refractivity contribution >= 4 is 17.3 Å². The maximum atomic E-state index is 12.8. The average Bonchev–Trinajstić information content (AvgIpc) is 2.73. The van der Waals surface area contributed by atoms with Crippen LogP contribution in [0.3, 0.4) is 0 Å². The Morgan fingerprint density at radius 1 is 1.07 bits per heavy atom. The minimum absolute atomic E-state index is 0.148. The Morgan fingerprint density at radius 3 is 2.57 bits per heavy atom. The number of pyridine rings is 2. The maximum Gasteiger partial charge on any atom is 0.257 e. The van der Waals surface area contributed by atoms with Crippen LogP contribution in [0.15, 0.2) is 67.3 Å². The number of benzene rings is 1. The van der Waals surface area contributed by atoms with E-state index in [4.69, 9.17) is 0 Å². The Hall–Kier alpha value is -3.21. The first kappa shape index (κ1) is 19.5. The highest BCUT2D eigenvalue weighted by molar-refractivity contribution is 6.05. The van der Waals surface area contributed by atoms with Gasteiger partial charge in [0.15, 0.2) is 0 Å². The molecule has 28 heavy (non-hydrogen) atoms. The number of nitrogens with zero attached hydrogens (tertiary/aromatic N) is 3. The van der Waals surface area contributed by atoms with Gasteiger partial charge in [0.25, 0.3) is 5.91 Å². The normalized spacial score (nSPS) is 10.7. The molecule has 0 saturated carbocycles. The number of aromatic nitrogens is 2. The summed E-state index contributed by atoms with van der Waals surface area (Å²) < 4.78 is 0. The molecule has 0 fully saturated rings. The van der Waals surface area contributed by atoms with E-state index < -0.39 is 0 Å². The molecule has 2 aromatic heterocycles. The van der Waals surface area contributed by atoms with Crippen molar-refractivity contribution < 1.29 is 4.79 Å². The van der Waals surface area contributed by atoms with E-state index in [9.17, 15) is 4.79 Å². The maximum absolute atomic E-state index is 12.8. The second-order valence-electron chi connectivity index (χ2n) is 7.15. The molecule has 0 unspecified atom stereocenters. The van der Waals surface area contributed by atoms with Crippen LogP contribution in [0, 0.1) is 0 Å². The van der Waals surface area contributed by atoms with E-state index in [0.717, 1.165) is 29.9 Å². The molecular formula is C23H26N4O. The lowest BCUT2D eigenvalue weighted by atomic mass is 10.0. The van der Waals surface area contributed by atoms with Gasteiger partial charge in [0, 0.05) is 37.9 Å². The molecule has 0 spiro atoms. The monoisotopic (exact) mass is 374 g/mol. The largest absolute Gasteiger partial charge is 0.373 e. The minimum atomic E-state index is -0.148. The standard InChI is InChI=1S/C23H26N4O/c1-17(2)21-6-4-5-7-22(21)26-23(28)19-14-20(16-25-15-19)27(3)13-10-18-8-11-24-12-9-18/h4-9,11-12,14-17H,10,13H2,1-3H3,(H,26,28). The molecular weight excluding hydrogens is 348 g/mol. The summed E-state index contributed by atoms with van der Waals surface area (Å²) in [5.74, 6) is 0.185. The lowest BCUT2D eigenvalue weighted by Gasteiger charge is -2.19. The SMILES string of the molecule is CC(C)c1ccccc1NC(=O)c1cncc(N(C)CCc2ccncc2)c1. The van der Waals surface area contributed by atoms with Gasteiger partial charge in [0.2, 0.25) is 0 Å². The molecule has 0 aliphatic rings. The van der Waals surface area contributed by atoms with Crippen LogP contribution in [-0.4, -0.2) is 29.5 Å². The zero-order chi connectivity index (χ0) is 19.9. The third-order valence-corrected chi connectivity index (χ3v) is 4.74. The van der Waals surface area contributed by atoms with Gasteiger partial charge in [-0.1, -0.05) is 32.0 Å². The lowest BCUT2D eigenvalue weighted by Crippen LogP contribution is -2.21. The van der Waals surface area contributed by atoms with Gasteiger partial charge >= 0.3 is 0 Å². The summed E-state index contributed by atoms with van der Waals surface area (Å²) in [4.78, 5) is 23.2. The van der Waals surface area contributed by atoms with E-state index in [2.05, 4.69) is 34.0 Å². The number of hydrogen-bond donors (Lipinski definition) is 1. The van der Waals surface area contributed by atoms with E-state index >= 15 is 0 Å². The predicted octanol–water partition coefficient (Wildman–Crippen LogP) is 4.53. The fourth-order valence-corrected chi connectivity index (χ4v) is 3.04. The molecule has 1 N–H and O–H groups in total. The molecule has 2 heterocycles. The number of carbonyl (C=O) groups is 1. The summed E-state index contributed by atoms with van der Waals surface area (Å²) in [7, 11) is 2.01. The summed E-state index contributed by atoms with van der Waals surface area (Å²) >= 11 is 0. The molecule has 0 saturated heterocycles. The zero-order valence-corrected chi connectivity index (χ0v) is 16.6. The molecule has 1 aromatic carbocycles. The first-order chi connectivity index (χ1) is 13.5. The van der Waals surface area contributed by atoms with E-state index in [-0.39, 0.29) is 5.91 Å². The van der Waals surface area contributed by atoms with Crippen molar-refractivity contribution in [1.82, 2.24) is 9.97 Å². The van der Waals surface area contributed by atoms with Crippen LogP contribution >= 0.6 is 0 Å². The van der Waals surface area contributed by atoms with E-state index in [1.807, 2.05) is 49.5 Å². The van der Waals surface area contributed by atoms with Gasteiger partial charge < -0.3 is 10.2 Å². The van der Waals surface area contributed by atoms with Gasteiger partial charge in [0.05, 0.1) is 17.4 Å². The Balaban J connectivity index is 1.69. The first-order valence-electron chi connectivity index (χ1n) is 9.50. The molecule has 0 atom stereocenters. The lowest BCUT2D eigenvalue weighted by molar-refractivity contribution is 0.102. The van der Waals surface area contributed by atoms with E-state index in [1.54, 1.807) is 24.8 Å². The van der Waals surface area contributed by atoms with Gasteiger partial charge in [-0.2, -0.15) is 0 Å². The first-order valence-corrected chi connectivity index (χ1v) is 9.50. The fourth-order valence-electron chi connectivity index (χ4n) is 3.04. The Morgan fingerprint density at radius 2 is 1.82 bits per heavy atom. The molecule has 3 aromatic rings. The zero-order valence-electron chi connectivity index (χ0n) is 16.6. The summed E-state index contributed by atoms with van der Waals surface area (Å²) in [6, 6.07) is 13.8. The Labute approximate surface area is 166 Å². The molecule has 5 heteroatoms. The van der Waals surface area contributed by atoms with Gasteiger partial charge in [-0.05, 0) is 47.7 Å². The highest BCUT2D eigenvalue weighted by Crippen LogP contribution is 2.24. The van der Waals surface area contributed by atoms with Crippen LogP contribution in [0.25, 0.3) is 0 Å². The number of hydrogen-bond acceptors (Lipinski definition) is 4.